The smallest absolute Gasteiger partial charge is 0.164 e. The van der Waals surface area contributed by atoms with Gasteiger partial charge in [-0.1, -0.05) is 11.6 Å². The molecule has 54 valence electrons. The highest BCUT2D eigenvalue weighted by molar-refractivity contribution is 6.29. The van der Waals surface area contributed by atoms with Crippen molar-refractivity contribution >= 4 is 11.6 Å². The van der Waals surface area contributed by atoms with Crippen LogP contribution in [0.25, 0.3) is 0 Å². The van der Waals surface area contributed by atoms with Crippen LogP contribution in [0.1, 0.15) is 4.11 Å². The Morgan fingerprint density at radius 2 is 2.70 bits per heavy atom. The minimum absolute atomic E-state index is 0.179. The van der Waals surface area contributed by atoms with Crippen molar-refractivity contribution in [2.45, 2.75) is 0 Å². The summed E-state index contributed by atoms with van der Waals surface area (Å²) in [5.41, 5.74) is 0. The maximum Gasteiger partial charge on any atom is 0.164 e. The predicted molar refractivity (Wildman–Crippen MR) is 35.8 cm³/mol. The van der Waals surface area contributed by atoms with E-state index in [4.69, 9.17) is 15.7 Å². The van der Waals surface area contributed by atoms with Gasteiger partial charge in [0.2, 0.25) is 0 Å². The molecule has 0 atom stereocenters. The van der Waals surface area contributed by atoms with Crippen molar-refractivity contribution in [2.75, 3.05) is 7.04 Å². The lowest BCUT2D eigenvalue weighted by atomic mass is 10.4. The Balaban J connectivity index is 2.86. The normalized spacial score (nSPS) is 15.2. The number of pyridine rings is 1. The van der Waals surface area contributed by atoms with Gasteiger partial charge in [0, 0.05) is 6.07 Å². The first-order chi connectivity index (χ1) is 5.88. The van der Waals surface area contributed by atoms with Gasteiger partial charge in [-0.05, 0) is 0 Å². The van der Waals surface area contributed by atoms with Crippen LogP contribution in [0.2, 0.25) is 5.15 Å². The van der Waals surface area contributed by atoms with E-state index in [1.807, 2.05) is 0 Å². The maximum atomic E-state index is 12.7. The molecule has 0 spiro atoms. The number of halogens is 2. The van der Waals surface area contributed by atoms with Gasteiger partial charge in [-0.3, -0.25) is 0 Å². The van der Waals surface area contributed by atoms with Crippen molar-refractivity contribution in [3.05, 3.63) is 23.2 Å². The average Bonchev–Trinajstić information content (AvgIpc) is 1.94. The zero-order chi connectivity index (χ0) is 10.1. The monoisotopic (exact) mass is 164 g/mol. The highest BCUT2D eigenvalue weighted by atomic mass is 35.5. The van der Waals surface area contributed by atoms with Crippen LogP contribution >= 0.6 is 11.6 Å². The van der Waals surface area contributed by atoms with Gasteiger partial charge in [0.05, 0.1) is 17.3 Å². The van der Waals surface area contributed by atoms with Crippen molar-refractivity contribution < 1.29 is 13.2 Å². The molecule has 0 saturated carbocycles. The molecule has 1 heterocycles. The second kappa shape index (κ2) is 2.84. The topological polar surface area (TPSA) is 22.1 Å². The Hall–Kier alpha value is -0.830. The molecule has 10 heavy (non-hydrogen) atoms. The first-order valence-corrected chi connectivity index (χ1v) is 2.76. The fourth-order valence-corrected chi connectivity index (χ4v) is 0.563. The molecule has 0 aromatic carbocycles. The molecule has 0 radical (unpaired) electrons. The van der Waals surface area contributed by atoms with Gasteiger partial charge in [0.1, 0.15) is 5.75 Å². The van der Waals surface area contributed by atoms with Crippen LogP contribution in [0.15, 0.2) is 12.3 Å². The van der Waals surface area contributed by atoms with Gasteiger partial charge in [-0.2, -0.15) is 0 Å². The number of hydrogen-bond donors (Lipinski definition) is 0. The van der Waals surface area contributed by atoms with Crippen LogP contribution < -0.4 is 4.74 Å². The number of ether oxygens (including phenoxy) is 1. The number of nitrogens with zero attached hydrogens (tertiary/aromatic N) is 1. The van der Waals surface area contributed by atoms with Crippen molar-refractivity contribution in [1.29, 1.82) is 0 Å². The molecule has 2 nitrogen and oxygen atoms in total. The molecule has 1 aromatic heterocycles. The number of methoxy groups -OCH3 is 1. The summed E-state index contributed by atoms with van der Waals surface area (Å²) in [7, 11) is -2.61. The van der Waals surface area contributed by atoms with Crippen LogP contribution in [-0.2, 0) is 0 Å². The van der Waals surface area contributed by atoms with E-state index in [-0.39, 0.29) is 10.9 Å². The lowest BCUT2D eigenvalue weighted by Gasteiger charge is -1.97. The largest absolute Gasteiger partial charge is 0.495 e. The zero-order valence-electron chi connectivity index (χ0n) is 7.77. The van der Waals surface area contributed by atoms with E-state index < -0.39 is 12.9 Å². The molecule has 0 aliphatic heterocycles. The molecular weight excluding hydrogens is 157 g/mol. The van der Waals surface area contributed by atoms with Crippen molar-refractivity contribution in [2.24, 2.45) is 0 Å². The van der Waals surface area contributed by atoms with Crippen LogP contribution in [-0.4, -0.2) is 12.0 Å². The standard InChI is InChI=1S/C6H5ClFNO/c1-10-4-2-5(8)6(7)9-3-4/h2-3H,1H3/i1D3. The molecule has 0 aliphatic rings. The molecule has 0 fully saturated rings. The summed E-state index contributed by atoms with van der Waals surface area (Å²) < 4.78 is 37.2. The summed E-state index contributed by atoms with van der Waals surface area (Å²) in [5.74, 6) is -0.995. The van der Waals surface area contributed by atoms with Crippen molar-refractivity contribution in [3.8, 4) is 5.75 Å². The van der Waals surface area contributed by atoms with E-state index in [1.165, 1.54) is 0 Å². The van der Waals surface area contributed by atoms with Crippen LogP contribution in [0, 0.1) is 5.82 Å². The second-order valence-corrected chi connectivity index (χ2v) is 1.90. The number of aromatic nitrogens is 1. The van der Waals surface area contributed by atoms with Gasteiger partial charge in [0.15, 0.2) is 11.0 Å². The van der Waals surface area contributed by atoms with E-state index in [9.17, 15) is 4.39 Å². The fraction of sp³-hybridized carbons (Fsp3) is 0.167. The van der Waals surface area contributed by atoms with Gasteiger partial charge in [0.25, 0.3) is 0 Å². The highest BCUT2D eigenvalue weighted by Gasteiger charge is 2.00. The molecule has 0 saturated heterocycles. The van der Waals surface area contributed by atoms with E-state index in [0.29, 0.717) is 0 Å². The second-order valence-electron chi connectivity index (χ2n) is 1.55. The average molecular weight is 165 g/mol. The molecule has 1 rings (SSSR count). The minimum atomic E-state index is -2.61. The van der Waals surface area contributed by atoms with E-state index in [2.05, 4.69) is 9.72 Å². The van der Waals surface area contributed by atoms with Gasteiger partial charge in [-0.25, -0.2) is 9.37 Å². The molecular formula is C6H5ClFNO. The summed E-state index contributed by atoms with van der Waals surface area (Å²) in [5, 5.41) is -0.321. The van der Waals surface area contributed by atoms with Gasteiger partial charge >= 0.3 is 0 Å². The summed E-state index contributed by atoms with van der Waals surface area (Å²) in [6.07, 6.45) is 1.04. The van der Waals surface area contributed by atoms with Crippen LogP contribution in [0.3, 0.4) is 0 Å². The Labute approximate surface area is 66.8 Å². The Kier molecular flexibility index (Phi) is 1.17. The minimum Gasteiger partial charge on any atom is -0.495 e. The summed E-state index contributed by atoms with van der Waals surface area (Å²) in [6, 6.07) is 0.863. The van der Waals surface area contributed by atoms with Crippen LogP contribution in [0.4, 0.5) is 4.39 Å². The predicted octanol–water partition coefficient (Wildman–Crippen LogP) is 1.88. The first-order valence-electron chi connectivity index (χ1n) is 3.88. The third-order valence-corrected chi connectivity index (χ3v) is 1.17. The first kappa shape index (κ1) is 4.13. The van der Waals surface area contributed by atoms with E-state index in [1.54, 1.807) is 0 Å². The highest BCUT2D eigenvalue weighted by Crippen LogP contribution is 2.16. The number of rotatable bonds is 1. The molecule has 0 aliphatic carbocycles. The maximum absolute atomic E-state index is 12.7. The van der Waals surface area contributed by atoms with Crippen LogP contribution in [0.5, 0.6) is 5.75 Å². The summed E-state index contributed by atoms with van der Waals surface area (Å²) >= 11 is 5.27. The Morgan fingerprint density at radius 3 is 3.30 bits per heavy atom. The fourth-order valence-electron chi connectivity index (χ4n) is 0.459. The third-order valence-electron chi connectivity index (χ3n) is 0.889. The quantitative estimate of drug-likeness (QED) is 0.592. The molecule has 0 unspecified atom stereocenters. The Bertz CT molecular complexity index is 317. The zero-order valence-corrected chi connectivity index (χ0v) is 5.52. The van der Waals surface area contributed by atoms with Gasteiger partial charge < -0.3 is 4.74 Å². The lowest BCUT2D eigenvalue weighted by molar-refractivity contribution is 0.409. The molecule has 0 amide bonds. The third kappa shape index (κ3) is 1.36. The van der Waals surface area contributed by atoms with E-state index in [0.717, 1.165) is 12.3 Å². The molecule has 0 bridgehead atoms. The van der Waals surface area contributed by atoms with E-state index >= 15 is 0 Å². The molecule has 4 heteroatoms. The van der Waals surface area contributed by atoms with Crippen molar-refractivity contribution in [1.82, 2.24) is 4.98 Å². The molecule has 0 N–H and O–H groups in total. The summed E-state index contributed by atoms with van der Waals surface area (Å²) in [6.45, 7) is 0. The SMILES string of the molecule is [2H]C([2H])([2H])Oc1cnc(Cl)c(F)c1. The van der Waals surface area contributed by atoms with Crippen molar-refractivity contribution in [3.63, 3.8) is 0 Å². The number of hydrogen-bond acceptors (Lipinski definition) is 2. The lowest BCUT2D eigenvalue weighted by Crippen LogP contribution is -1.87. The summed E-state index contributed by atoms with van der Waals surface area (Å²) in [4.78, 5) is 3.38. The Morgan fingerprint density at radius 1 is 1.90 bits per heavy atom. The molecule has 1 aromatic rings. The van der Waals surface area contributed by atoms with Gasteiger partial charge in [-0.15, -0.1) is 0 Å².